The number of nitrogens with one attached hydrogen (secondary N) is 2. The average molecular weight is 350 g/mol. The molecule has 2 aliphatic rings. The Morgan fingerprint density at radius 1 is 1.26 bits per heavy atom. The normalized spacial score (nSPS) is 25.3. The van der Waals surface area contributed by atoms with Crippen LogP contribution in [0.5, 0.6) is 0 Å². The van der Waals surface area contributed by atoms with E-state index in [1.54, 1.807) is 18.2 Å². The molecule has 2 aromatic rings. The van der Waals surface area contributed by atoms with Gasteiger partial charge in [-0.05, 0) is 29.8 Å². The van der Waals surface area contributed by atoms with E-state index in [-0.39, 0.29) is 12.0 Å². The lowest BCUT2D eigenvalue weighted by Crippen LogP contribution is -2.43. The molecule has 2 aromatic carbocycles. The summed E-state index contributed by atoms with van der Waals surface area (Å²) in [5.74, 6) is -0.253. The Morgan fingerprint density at radius 3 is 3.00 bits per heavy atom. The van der Waals surface area contributed by atoms with Gasteiger partial charge in [0, 0.05) is 24.7 Å². The molecular weight excluding hydrogens is 336 g/mol. The summed E-state index contributed by atoms with van der Waals surface area (Å²) < 4.78 is 13.6. The molecule has 1 spiro atoms. The third-order valence-electron chi connectivity index (χ3n) is 4.38. The van der Waals surface area contributed by atoms with E-state index in [0.29, 0.717) is 23.0 Å². The Labute approximate surface area is 143 Å². The van der Waals surface area contributed by atoms with Crippen LogP contribution in [0.25, 0.3) is 0 Å². The second-order valence-corrected chi connectivity index (χ2v) is 6.67. The highest BCUT2D eigenvalue weighted by molar-refractivity contribution is 6.42. The maximum Gasteiger partial charge on any atom is 0.123 e. The van der Waals surface area contributed by atoms with Crippen LogP contribution in [0.1, 0.15) is 11.1 Å². The molecule has 0 amide bonds. The number of nitrogens with zero attached hydrogens (tertiary/aromatic N) is 1. The predicted molar refractivity (Wildman–Crippen MR) is 91.3 cm³/mol. The second kappa shape index (κ2) is 5.56. The molecule has 1 saturated heterocycles. The summed E-state index contributed by atoms with van der Waals surface area (Å²) in [4.78, 5) is 4.41. The van der Waals surface area contributed by atoms with Gasteiger partial charge < -0.3 is 0 Å². The maximum absolute atomic E-state index is 13.6. The number of hydrogen-bond acceptors (Lipinski definition) is 3. The first kappa shape index (κ1) is 15.1. The fourth-order valence-corrected chi connectivity index (χ4v) is 3.63. The first-order valence-electron chi connectivity index (χ1n) is 7.37. The van der Waals surface area contributed by atoms with Crippen LogP contribution >= 0.6 is 23.2 Å². The molecule has 2 atom stereocenters. The van der Waals surface area contributed by atoms with Crippen LogP contribution in [-0.2, 0) is 12.0 Å². The van der Waals surface area contributed by atoms with Gasteiger partial charge in [-0.2, -0.15) is 0 Å². The fraction of sp³-hybridized carbons (Fsp3) is 0.235. The third kappa shape index (κ3) is 2.56. The van der Waals surface area contributed by atoms with Crippen LogP contribution in [0, 0.1) is 5.82 Å². The zero-order chi connectivity index (χ0) is 16.0. The van der Waals surface area contributed by atoms with Gasteiger partial charge in [-0.15, -0.1) is 0 Å². The molecule has 1 fully saturated rings. The highest BCUT2D eigenvalue weighted by Gasteiger charge is 2.42. The molecule has 2 heterocycles. The maximum atomic E-state index is 13.6. The Morgan fingerprint density at radius 2 is 2.13 bits per heavy atom. The largest absolute Gasteiger partial charge is 0.299 e. The van der Waals surface area contributed by atoms with E-state index < -0.39 is 5.54 Å². The van der Waals surface area contributed by atoms with Crippen molar-refractivity contribution in [2.45, 2.75) is 18.1 Å². The van der Waals surface area contributed by atoms with Crippen LogP contribution in [0.4, 0.5) is 10.1 Å². The molecule has 0 saturated carbocycles. The van der Waals surface area contributed by atoms with E-state index in [1.165, 1.54) is 6.07 Å². The summed E-state index contributed by atoms with van der Waals surface area (Å²) in [5, 5.41) is 8.06. The molecule has 4 rings (SSSR count). The topological polar surface area (TPSA) is 36.4 Å². The summed E-state index contributed by atoms with van der Waals surface area (Å²) in [7, 11) is 0. The summed E-state index contributed by atoms with van der Waals surface area (Å²) in [5.41, 5.74) is 2.18. The van der Waals surface area contributed by atoms with Gasteiger partial charge in [0.15, 0.2) is 0 Å². The number of hydrogen-bond donors (Lipinski definition) is 2. The number of rotatable bonds is 2. The summed E-state index contributed by atoms with van der Waals surface area (Å²) in [6.07, 6.45) is 2.54. The molecule has 118 valence electrons. The van der Waals surface area contributed by atoms with Gasteiger partial charge in [-0.1, -0.05) is 35.3 Å². The van der Waals surface area contributed by atoms with Gasteiger partial charge in [0.05, 0.1) is 27.4 Å². The number of benzene rings is 2. The van der Waals surface area contributed by atoms with Crippen molar-refractivity contribution in [3.05, 3.63) is 63.4 Å². The minimum absolute atomic E-state index is 0.00614. The highest BCUT2D eigenvalue weighted by atomic mass is 35.5. The van der Waals surface area contributed by atoms with Crippen molar-refractivity contribution in [2.24, 2.45) is 4.99 Å². The molecule has 0 aromatic heterocycles. The Balaban J connectivity index is 1.58. The first-order chi connectivity index (χ1) is 11.1. The van der Waals surface area contributed by atoms with E-state index >= 15 is 0 Å². The van der Waals surface area contributed by atoms with Gasteiger partial charge in [0.25, 0.3) is 0 Å². The lowest BCUT2D eigenvalue weighted by atomic mass is 9.93. The quantitative estimate of drug-likeness (QED) is 0.864. The van der Waals surface area contributed by atoms with Crippen molar-refractivity contribution >= 4 is 35.1 Å². The molecule has 0 aliphatic carbocycles. The standard InChI is InChI=1S/C17H14Cl2FN3/c18-13-3-1-2-10(16(13)19)6-15-22-9-17(23-15)8-21-14-5-4-11(20)7-12(14)17/h1-5,7-8,15,22-23H,6,9H2/t15-,17?/m1/s1. The van der Waals surface area contributed by atoms with Crippen LogP contribution in [0.15, 0.2) is 41.4 Å². The molecule has 6 heteroatoms. The van der Waals surface area contributed by atoms with Crippen molar-refractivity contribution in [2.75, 3.05) is 6.54 Å². The summed E-state index contributed by atoms with van der Waals surface area (Å²) >= 11 is 12.3. The van der Waals surface area contributed by atoms with E-state index in [0.717, 1.165) is 16.8 Å². The monoisotopic (exact) mass is 349 g/mol. The third-order valence-corrected chi connectivity index (χ3v) is 5.24. The average Bonchev–Trinajstić information content (AvgIpc) is 3.10. The van der Waals surface area contributed by atoms with Crippen molar-refractivity contribution in [3.8, 4) is 0 Å². The van der Waals surface area contributed by atoms with Crippen LogP contribution in [-0.4, -0.2) is 18.9 Å². The van der Waals surface area contributed by atoms with E-state index in [9.17, 15) is 4.39 Å². The van der Waals surface area contributed by atoms with Gasteiger partial charge in [-0.25, -0.2) is 4.39 Å². The van der Waals surface area contributed by atoms with Crippen molar-refractivity contribution in [1.82, 2.24) is 10.6 Å². The Hall–Kier alpha value is -1.46. The Bertz CT molecular complexity index is 808. The molecule has 0 radical (unpaired) electrons. The zero-order valence-corrected chi connectivity index (χ0v) is 13.6. The molecule has 0 bridgehead atoms. The zero-order valence-electron chi connectivity index (χ0n) is 12.1. The molecule has 1 unspecified atom stereocenters. The predicted octanol–water partition coefficient (Wildman–Crippen LogP) is 3.81. The summed E-state index contributed by atoms with van der Waals surface area (Å²) in [6.45, 7) is 0.649. The number of fused-ring (bicyclic) bond motifs is 2. The molecule has 2 N–H and O–H groups in total. The van der Waals surface area contributed by atoms with Crippen LogP contribution < -0.4 is 10.6 Å². The van der Waals surface area contributed by atoms with Crippen LogP contribution in [0.3, 0.4) is 0 Å². The van der Waals surface area contributed by atoms with Gasteiger partial charge >= 0.3 is 0 Å². The van der Waals surface area contributed by atoms with Gasteiger partial charge in [0.1, 0.15) is 5.82 Å². The van der Waals surface area contributed by atoms with Crippen molar-refractivity contribution in [3.63, 3.8) is 0 Å². The lowest BCUT2D eigenvalue weighted by Gasteiger charge is -2.23. The molecule has 2 aliphatic heterocycles. The number of halogens is 3. The van der Waals surface area contributed by atoms with Gasteiger partial charge in [-0.3, -0.25) is 15.6 Å². The SMILES string of the molecule is Fc1ccc2c(c1)C1(C=N2)CN[C@@H](Cc2cccc(Cl)c2Cl)N1. The van der Waals surface area contributed by atoms with Crippen molar-refractivity contribution < 1.29 is 4.39 Å². The van der Waals surface area contributed by atoms with E-state index in [4.69, 9.17) is 23.2 Å². The second-order valence-electron chi connectivity index (χ2n) is 5.89. The lowest BCUT2D eigenvalue weighted by molar-refractivity contribution is 0.492. The van der Waals surface area contributed by atoms with Gasteiger partial charge in [0.2, 0.25) is 0 Å². The molecule has 23 heavy (non-hydrogen) atoms. The smallest absolute Gasteiger partial charge is 0.123 e. The minimum Gasteiger partial charge on any atom is -0.299 e. The van der Waals surface area contributed by atoms with E-state index in [1.807, 2.05) is 18.3 Å². The first-order valence-corrected chi connectivity index (χ1v) is 8.12. The van der Waals surface area contributed by atoms with Crippen molar-refractivity contribution in [1.29, 1.82) is 0 Å². The fourth-order valence-electron chi connectivity index (χ4n) is 3.23. The molecular formula is C17H14Cl2FN3. The van der Waals surface area contributed by atoms with E-state index in [2.05, 4.69) is 15.6 Å². The Kier molecular flexibility index (Phi) is 3.65. The highest BCUT2D eigenvalue weighted by Crippen LogP contribution is 2.38. The minimum atomic E-state index is -0.465. The number of aliphatic imine (C=N–C) groups is 1. The molecule has 3 nitrogen and oxygen atoms in total. The van der Waals surface area contributed by atoms with Crippen LogP contribution in [0.2, 0.25) is 10.0 Å². The summed E-state index contributed by atoms with van der Waals surface area (Å²) in [6, 6.07) is 10.3.